The molecule has 9 rings (SSSR count). The van der Waals surface area contributed by atoms with E-state index in [1.165, 1.54) is 0 Å². The monoisotopic (exact) mass is 836 g/mol. The van der Waals surface area contributed by atoms with Crippen molar-refractivity contribution in [1.82, 2.24) is 23.7 Å². The summed E-state index contributed by atoms with van der Waals surface area (Å²) in [7, 11) is 0. The minimum atomic E-state index is -0.676. The molecule has 9 atom stereocenters. The Hall–Kier alpha value is -3.88. The number of hydrogen-bond donors (Lipinski definition) is 6. The zero-order valence-electron chi connectivity index (χ0n) is 32.6. The first-order chi connectivity index (χ1) is 27.3. The van der Waals surface area contributed by atoms with E-state index < -0.39 is 12.2 Å². The molecule has 5 aliphatic rings. The number of amidine groups is 2. The number of nitrogens with one attached hydrogen (secondary N) is 1. The molecule has 0 amide bonds. The summed E-state index contributed by atoms with van der Waals surface area (Å²) in [6.07, 6.45) is 10.6. The van der Waals surface area contributed by atoms with Crippen molar-refractivity contribution in [3.63, 3.8) is 0 Å². The molecule has 9 unspecified atom stereocenters. The fourth-order valence-corrected chi connectivity index (χ4v) is 9.20. The third-order valence-corrected chi connectivity index (χ3v) is 12.4. The van der Waals surface area contributed by atoms with E-state index in [2.05, 4.69) is 56.8 Å². The van der Waals surface area contributed by atoms with Crippen LogP contribution in [0.4, 0.5) is 17.6 Å². The van der Waals surface area contributed by atoms with Crippen LogP contribution in [0.1, 0.15) is 102 Å². The first-order valence-corrected chi connectivity index (χ1v) is 20.8. The number of aliphatic hydroxyl groups excluding tert-OH is 2. The summed E-state index contributed by atoms with van der Waals surface area (Å²) in [5, 5.41) is 19.8. The summed E-state index contributed by atoms with van der Waals surface area (Å²) < 4.78 is 24.3. The van der Waals surface area contributed by atoms with Gasteiger partial charge in [-0.1, -0.05) is 64.3 Å². The molecule has 15 nitrogen and oxygen atoms in total. The standard InChI is InChI=1S/C14H19N3OS.C13H18N4OS.C12H15N3O3S/c1-3-10-8(2)6-13(18-10)17-5-4-9-11(19)7-12(15)16-14(9)17;1-3-9-7(2)6-10(18-9)17-5-4-8-11(17)15-13(14)16-12(8)19;13-10-4-9(19)6-1-2-15(12(6)14-10)11-3-7(17)8(5-16)18-11/h4-5,8,10,13H,3,6-7H2,1-2H3,(H2,15,16);4-5,7,9-10H,3,6H2,1-2H3,(H3,14,15,16,19);1-2,7-8,11,16-17H,3-5H2,(H2,13,14). The molecule has 3 saturated heterocycles. The lowest BCUT2D eigenvalue weighted by atomic mass is 10.0. The number of nitrogens with two attached hydrogens (primary N) is 3. The molecule has 4 aromatic rings. The van der Waals surface area contributed by atoms with Crippen molar-refractivity contribution in [3.8, 4) is 0 Å². The summed E-state index contributed by atoms with van der Waals surface area (Å²) in [5.41, 5.74) is 20.2. The molecule has 0 saturated carbocycles. The highest BCUT2D eigenvalue weighted by Crippen LogP contribution is 2.40. The van der Waals surface area contributed by atoms with E-state index in [9.17, 15) is 5.11 Å². The zero-order chi connectivity index (χ0) is 40.7. The van der Waals surface area contributed by atoms with Crippen molar-refractivity contribution < 1.29 is 24.4 Å². The molecule has 3 fully saturated rings. The van der Waals surface area contributed by atoms with Gasteiger partial charge in [0.25, 0.3) is 0 Å². The first kappa shape index (κ1) is 41.3. The van der Waals surface area contributed by atoms with Crippen LogP contribution in [-0.4, -0.2) is 86.3 Å². The van der Waals surface area contributed by atoms with Crippen LogP contribution in [-0.2, 0) is 14.2 Å². The Balaban J connectivity index is 0.000000131. The Kier molecular flexibility index (Phi) is 12.4. The maximum Gasteiger partial charge on any atom is 0.200 e. The van der Waals surface area contributed by atoms with Gasteiger partial charge in [-0.15, -0.1) is 0 Å². The molecular weight excluding hydrogens is 785 g/mol. The maximum absolute atomic E-state index is 9.78. The Morgan fingerprint density at radius 3 is 1.68 bits per heavy atom. The number of H-pyrrole nitrogens is 1. The average Bonchev–Trinajstić information content (AvgIpc) is 4.02. The minimum Gasteiger partial charge on any atom is -0.394 e. The predicted molar refractivity (Wildman–Crippen MR) is 231 cm³/mol. The smallest absolute Gasteiger partial charge is 0.200 e. The van der Waals surface area contributed by atoms with Crippen molar-refractivity contribution in [2.45, 2.75) is 116 Å². The molecule has 5 aliphatic heterocycles. The molecule has 57 heavy (non-hydrogen) atoms. The second-order valence-corrected chi connectivity index (χ2v) is 16.7. The van der Waals surface area contributed by atoms with E-state index in [4.69, 9.17) is 73.2 Å². The maximum atomic E-state index is 9.78. The van der Waals surface area contributed by atoms with Gasteiger partial charge in [0.05, 0.1) is 30.3 Å². The normalized spacial score (nSPS) is 29.3. The largest absolute Gasteiger partial charge is 0.394 e. The molecule has 18 heteroatoms. The van der Waals surface area contributed by atoms with Crippen LogP contribution >= 0.6 is 36.7 Å². The van der Waals surface area contributed by atoms with Gasteiger partial charge in [0.2, 0.25) is 0 Å². The van der Waals surface area contributed by atoms with Gasteiger partial charge in [0, 0.05) is 58.7 Å². The number of nitrogens with zero attached hydrogens (tertiary/aromatic N) is 6. The van der Waals surface area contributed by atoms with Crippen LogP contribution in [0.5, 0.6) is 0 Å². The van der Waals surface area contributed by atoms with E-state index in [1.54, 1.807) is 0 Å². The minimum absolute atomic E-state index is 0.0462. The number of aliphatic hydroxyl groups is 2. The van der Waals surface area contributed by atoms with Crippen LogP contribution in [0.2, 0.25) is 0 Å². The summed E-state index contributed by atoms with van der Waals surface area (Å²) in [5.74, 6) is 4.09. The molecule has 0 aromatic carbocycles. The third-order valence-electron chi connectivity index (χ3n) is 11.4. The number of aliphatic imine (C=N–C) groups is 2. The predicted octanol–water partition coefficient (Wildman–Crippen LogP) is 6.18. The van der Waals surface area contributed by atoms with Gasteiger partial charge in [-0.2, -0.15) is 0 Å². The molecule has 9 heterocycles. The number of rotatable bonds is 6. The highest BCUT2D eigenvalue weighted by molar-refractivity contribution is 7.81. The van der Waals surface area contributed by atoms with Gasteiger partial charge in [0.1, 0.15) is 58.4 Å². The Morgan fingerprint density at radius 2 is 1.21 bits per heavy atom. The lowest BCUT2D eigenvalue weighted by Gasteiger charge is -2.18. The lowest BCUT2D eigenvalue weighted by Crippen LogP contribution is -2.24. The van der Waals surface area contributed by atoms with Crippen LogP contribution in [0.25, 0.3) is 11.0 Å². The van der Waals surface area contributed by atoms with E-state index in [0.29, 0.717) is 71.4 Å². The zero-order valence-corrected chi connectivity index (χ0v) is 35.0. The number of ether oxygens (including phenoxy) is 3. The number of thiocarbonyl (C=S) groups is 2. The molecule has 0 aliphatic carbocycles. The summed E-state index contributed by atoms with van der Waals surface area (Å²) in [6, 6.07) is 5.88. The molecule has 306 valence electrons. The molecule has 0 spiro atoms. The second kappa shape index (κ2) is 17.1. The number of nitrogen functional groups attached to an aromatic ring is 1. The van der Waals surface area contributed by atoms with Crippen molar-refractivity contribution in [3.05, 3.63) is 52.6 Å². The van der Waals surface area contributed by atoms with Gasteiger partial charge in [-0.25, -0.2) is 15.0 Å². The van der Waals surface area contributed by atoms with Gasteiger partial charge in [-0.05, 0) is 55.7 Å². The summed E-state index contributed by atoms with van der Waals surface area (Å²) in [4.78, 5) is 17.6. The van der Waals surface area contributed by atoms with E-state index in [-0.39, 0.29) is 25.3 Å². The van der Waals surface area contributed by atoms with E-state index >= 15 is 0 Å². The first-order valence-electron chi connectivity index (χ1n) is 19.6. The molecular formula is C39H52N10O5S3. The molecule has 0 radical (unpaired) electrons. The Morgan fingerprint density at radius 1 is 0.737 bits per heavy atom. The van der Waals surface area contributed by atoms with Crippen molar-refractivity contribution in [2.24, 2.45) is 33.3 Å². The van der Waals surface area contributed by atoms with Gasteiger partial charge in [-0.3, -0.25) is 0 Å². The summed E-state index contributed by atoms with van der Waals surface area (Å²) in [6.45, 7) is 8.60. The van der Waals surface area contributed by atoms with E-state index in [1.807, 2.05) is 41.4 Å². The second-order valence-electron chi connectivity index (χ2n) is 15.4. The van der Waals surface area contributed by atoms with Crippen LogP contribution in [0, 0.1) is 16.5 Å². The molecule has 9 N–H and O–H groups in total. The Bertz CT molecular complexity index is 2160. The quantitative estimate of drug-likeness (QED) is 0.120. The van der Waals surface area contributed by atoms with Crippen molar-refractivity contribution >= 4 is 86.7 Å². The Labute approximate surface area is 347 Å². The number of hydrogen-bond acceptors (Lipinski definition) is 14. The SMILES string of the molecule is CCC1OC(n2ccc3c(=S)nc(N)[nH]c32)CC1C.CCC1OC(n2ccc3c2N=C(N)CC3=S)CC1C.NC1=Nc2c(ccn2C2CC(O)C(CO)O2)C(=S)C1. The van der Waals surface area contributed by atoms with E-state index in [0.717, 1.165) is 63.4 Å². The van der Waals surface area contributed by atoms with Crippen molar-refractivity contribution in [1.29, 1.82) is 0 Å². The number of anilines is 1. The van der Waals surface area contributed by atoms with Gasteiger partial charge in [0.15, 0.2) is 5.95 Å². The summed E-state index contributed by atoms with van der Waals surface area (Å²) >= 11 is 15.9. The van der Waals surface area contributed by atoms with Crippen LogP contribution < -0.4 is 17.2 Å². The highest BCUT2D eigenvalue weighted by atomic mass is 32.1. The average molecular weight is 837 g/mol. The molecule has 0 bridgehead atoms. The van der Waals surface area contributed by atoms with Crippen LogP contribution in [0.3, 0.4) is 0 Å². The number of fused-ring (bicyclic) bond motifs is 3. The lowest BCUT2D eigenvalue weighted by molar-refractivity contribution is -0.0436. The third kappa shape index (κ3) is 8.36. The number of aromatic nitrogens is 5. The fraction of sp³-hybridized carbons (Fsp3) is 0.538. The highest BCUT2D eigenvalue weighted by Gasteiger charge is 2.37. The van der Waals surface area contributed by atoms with Crippen molar-refractivity contribution in [2.75, 3.05) is 12.3 Å². The topological polar surface area (TPSA) is 214 Å². The fourth-order valence-electron chi connectivity index (χ4n) is 8.32. The van der Waals surface area contributed by atoms with Gasteiger partial charge < -0.3 is 60.3 Å². The molecule has 4 aromatic heterocycles. The van der Waals surface area contributed by atoms with Gasteiger partial charge >= 0.3 is 0 Å². The number of aromatic amines is 1. The van der Waals surface area contributed by atoms with Crippen LogP contribution in [0.15, 0.2) is 46.8 Å².